The summed E-state index contributed by atoms with van der Waals surface area (Å²) in [6, 6.07) is -0.681. The Hall–Kier alpha value is -1.65. The van der Waals surface area contributed by atoms with Crippen LogP contribution in [-0.4, -0.2) is 29.8 Å². The molecule has 1 aliphatic rings. The summed E-state index contributed by atoms with van der Waals surface area (Å²) >= 11 is 0. The zero-order valence-electron chi connectivity index (χ0n) is 7.67. The molecule has 0 atom stereocenters. The third-order valence-electron chi connectivity index (χ3n) is 1.77. The van der Waals surface area contributed by atoms with E-state index in [1.807, 2.05) is 0 Å². The lowest BCUT2D eigenvalue weighted by molar-refractivity contribution is -0.129. The fraction of sp³-hybridized carbons (Fsp3) is 0.375. The minimum atomic E-state index is -0.681. The normalized spacial score (nSPS) is 17.6. The van der Waals surface area contributed by atoms with E-state index < -0.39 is 17.8 Å². The SMILES string of the molecule is CC(C)=C1C(=O)NC(=O)N(C)C1=O. The Morgan fingerprint density at radius 3 is 2.23 bits per heavy atom. The number of likely N-dealkylation sites (N-methyl/N-ethyl adjacent to an activating group) is 1. The van der Waals surface area contributed by atoms with Gasteiger partial charge in [0.1, 0.15) is 5.57 Å². The minimum Gasteiger partial charge on any atom is -0.273 e. The number of carbonyl (C=O) groups excluding carboxylic acids is 3. The molecule has 0 aliphatic carbocycles. The van der Waals surface area contributed by atoms with Gasteiger partial charge in [-0.1, -0.05) is 5.57 Å². The van der Waals surface area contributed by atoms with Gasteiger partial charge in [0.25, 0.3) is 11.8 Å². The van der Waals surface area contributed by atoms with Gasteiger partial charge < -0.3 is 0 Å². The Bertz CT molecular complexity index is 326. The van der Waals surface area contributed by atoms with Gasteiger partial charge >= 0.3 is 6.03 Å². The molecule has 13 heavy (non-hydrogen) atoms. The summed E-state index contributed by atoms with van der Waals surface area (Å²) < 4.78 is 0. The van der Waals surface area contributed by atoms with Crippen LogP contribution in [-0.2, 0) is 9.59 Å². The molecule has 0 saturated carbocycles. The first kappa shape index (κ1) is 9.44. The molecule has 1 heterocycles. The molecule has 5 heteroatoms. The van der Waals surface area contributed by atoms with E-state index in [1.165, 1.54) is 7.05 Å². The van der Waals surface area contributed by atoms with Crippen molar-refractivity contribution in [2.75, 3.05) is 7.05 Å². The maximum absolute atomic E-state index is 11.4. The molecule has 5 nitrogen and oxygen atoms in total. The van der Waals surface area contributed by atoms with Crippen molar-refractivity contribution >= 4 is 17.8 Å². The molecular formula is C8H10N2O3. The Kier molecular flexibility index (Phi) is 2.18. The maximum atomic E-state index is 11.4. The Balaban J connectivity index is 3.15. The van der Waals surface area contributed by atoms with E-state index in [2.05, 4.69) is 5.32 Å². The van der Waals surface area contributed by atoms with Crippen molar-refractivity contribution < 1.29 is 14.4 Å². The van der Waals surface area contributed by atoms with E-state index in [4.69, 9.17) is 0 Å². The van der Waals surface area contributed by atoms with Crippen LogP contribution < -0.4 is 5.32 Å². The van der Waals surface area contributed by atoms with Crippen LogP contribution in [0.15, 0.2) is 11.1 Å². The lowest BCUT2D eigenvalue weighted by atomic mass is 10.1. The Morgan fingerprint density at radius 1 is 1.23 bits per heavy atom. The summed E-state index contributed by atoms with van der Waals surface area (Å²) in [5, 5.41) is 2.06. The maximum Gasteiger partial charge on any atom is 0.331 e. The number of hydrogen-bond donors (Lipinski definition) is 1. The molecule has 4 amide bonds. The second-order valence-electron chi connectivity index (χ2n) is 3.00. The van der Waals surface area contributed by atoms with Crippen LogP contribution in [0.1, 0.15) is 13.8 Å². The van der Waals surface area contributed by atoms with Gasteiger partial charge in [0.05, 0.1) is 0 Å². The third kappa shape index (κ3) is 1.44. The molecule has 0 unspecified atom stereocenters. The molecule has 0 aromatic heterocycles. The number of barbiturate groups is 1. The van der Waals surface area contributed by atoms with E-state index >= 15 is 0 Å². The van der Waals surface area contributed by atoms with Crippen molar-refractivity contribution in [3.8, 4) is 0 Å². The molecule has 0 bridgehead atoms. The molecular weight excluding hydrogens is 172 g/mol. The highest BCUT2D eigenvalue weighted by molar-refractivity contribution is 6.29. The van der Waals surface area contributed by atoms with E-state index in [-0.39, 0.29) is 5.57 Å². The standard InChI is InChI=1S/C8H10N2O3/c1-4(2)5-6(11)9-8(13)10(3)7(5)12/h1-3H3,(H,9,11,13). The number of rotatable bonds is 0. The summed E-state index contributed by atoms with van der Waals surface area (Å²) in [6.45, 7) is 3.30. The highest BCUT2D eigenvalue weighted by atomic mass is 16.2. The fourth-order valence-electron chi connectivity index (χ4n) is 1.04. The van der Waals surface area contributed by atoms with Gasteiger partial charge in [-0.05, 0) is 13.8 Å². The number of allylic oxidation sites excluding steroid dienone is 1. The van der Waals surface area contributed by atoms with Gasteiger partial charge in [0.15, 0.2) is 0 Å². The number of nitrogens with zero attached hydrogens (tertiary/aromatic N) is 1. The fourth-order valence-corrected chi connectivity index (χ4v) is 1.04. The second-order valence-corrected chi connectivity index (χ2v) is 3.00. The predicted molar refractivity (Wildman–Crippen MR) is 44.7 cm³/mol. The van der Waals surface area contributed by atoms with Crippen molar-refractivity contribution in [3.05, 3.63) is 11.1 Å². The van der Waals surface area contributed by atoms with Crippen LogP contribution in [0, 0.1) is 0 Å². The van der Waals surface area contributed by atoms with Crippen molar-refractivity contribution in [1.29, 1.82) is 0 Å². The van der Waals surface area contributed by atoms with Gasteiger partial charge in [0.2, 0.25) is 0 Å². The molecule has 1 fully saturated rings. The quantitative estimate of drug-likeness (QED) is 0.424. The highest BCUT2D eigenvalue weighted by Gasteiger charge is 2.33. The zero-order valence-corrected chi connectivity index (χ0v) is 7.67. The summed E-state index contributed by atoms with van der Waals surface area (Å²) in [5.74, 6) is -1.16. The molecule has 0 aromatic rings. The molecule has 0 aromatic carbocycles. The van der Waals surface area contributed by atoms with Crippen LogP contribution in [0.3, 0.4) is 0 Å². The van der Waals surface area contributed by atoms with Gasteiger partial charge in [-0.15, -0.1) is 0 Å². The minimum absolute atomic E-state index is 0.0436. The summed E-state index contributed by atoms with van der Waals surface area (Å²) in [6.07, 6.45) is 0. The molecule has 1 aliphatic heterocycles. The first-order chi connectivity index (χ1) is 5.95. The number of hydrogen-bond acceptors (Lipinski definition) is 3. The second kappa shape index (κ2) is 3.01. The zero-order chi connectivity index (χ0) is 10.2. The molecule has 0 spiro atoms. The van der Waals surface area contributed by atoms with Crippen LogP contribution >= 0.6 is 0 Å². The summed E-state index contributed by atoms with van der Waals surface area (Å²) in [4.78, 5) is 34.4. The average Bonchev–Trinajstić information content (AvgIpc) is 1.99. The number of amides is 4. The summed E-state index contributed by atoms with van der Waals surface area (Å²) in [7, 11) is 1.33. The van der Waals surface area contributed by atoms with Crippen LogP contribution in [0.2, 0.25) is 0 Å². The lowest BCUT2D eigenvalue weighted by Gasteiger charge is -2.23. The highest BCUT2D eigenvalue weighted by Crippen LogP contribution is 2.11. The van der Waals surface area contributed by atoms with Gasteiger partial charge in [-0.3, -0.25) is 19.8 Å². The summed E-state index contributed by atoms with van der Waals surface area (Å²) in [5.41, 5.74) is 0.643. The molecule has 70 valence electrons. The average molecular weight is 182 g/mol. The van der Waals surface area contributed by atoms with Crippen LogP contribution in [0.5, 0.6) is 0 Å². The smallest absolute Gasteiger partial charge is 0.273 e. The monoisotopic (exact) mass is 182 g/mol. The number of nitrogens with one attached hydrogen (secondary N) is 1. The molecule has 0 radical (unpaired) electrons. The first-order valence-electron chi connectivity index (χ1n) is 3.76. The van der Waals surface area contributed by atoms with E-state index in [9.17, 15) is 14.4 Å². The van der Waals surface area contributed by atoms with Gasteiger partial charge in [-0.25, -0.2) is 4.79 Å². The molecule has 1 rings (SSSR count). The van der Waals surface area contributed by atoms with E-state index in [1.54, 1.807) is 13.8 Å². The number of carbonyl (C=O) groups is 3. The van der Waals surface area contributed by atoms with Crippen molar-refractivity contribution in [2.45, 2.75) is 13.8 Å². The van der Waals surface area contributed by atoms with Crippen LogP contribution in [0.4, 0.5) is 4.79 Å². The third-order valence-corrected chi connectivity index (χ3v) is 1.77. The lowest BCUT2D eigenvalue weighted by Crippen LogP contribution is -2.52. The van der Waals surface area contributed by atoms with E-state index in [0.29, 0.717) is 5.57 Å². The number of imide groups is 2. The van der Waals surface area contributed by atoms with Gasteiger partial charge in [0, 0.05) is 7.05 Å². The van der Waals surface area contributed by atoms with Gasteiger partial charge in [-0.2, -0.15) is 0 Å². The first-order valence-corrected chi connectivity index (χ1v) is 3.76. The number of urea groups is 1. The van der Waals surface area contributed by atoms with Crippen molar-refractivity contribution in [2.24, 2.45) is 0 Å². The topological polar surface area (TPSA) is 66.5 Å². The largest absolute Gasteiger partial charge is 0.331 e. The molecule has 1 N–H and O–H groups in total. The molecule has 1 saturated heterocycles. The Morgan fingerprint density at radius 2 is 1.77 bits per heavy atom. The van der Waals surface area contributed by atoms with Crippen molar-refractivity contribution in [3.63, 3.8) is 0 Å². The van der Waals surface area contributed by atoms with E-state index in [0.717, 1.165) is 4.90 Å². The van der Waals surface area contributed by atoms with Crippen LogP contribution in [0.25, 0.3) is 0 Å². The predicted octanol–water partition coefficient (Wildman–Crippen LogP) is 0.0310. The Labute approximate surface area is 75.4 Å². The van der Waals surface area contributed by atoms with Crippen molar-refractivity contribution in [1.82, 2.24) is 10.2 Å².